The summed E-state index contributed by atoms with van der Waals surface area (Å²) in [5.74, 6) is 1.18. The summed E-state index contributed by atoms with van der Waals surface area (Å²) in [4.78, 5) is 10.2. The molecule has 0 atom stereocenters. The fraction of sp³-hybridized carbons (Fsp3) is 0.500. The number of benzene rings is 3. The Labute approximate surface area is 234 Å². The highest BCUT2D eigenvalue weighted by Gasteiger charge is 2.13. The number of hydrogen-bond acceptors (Lipinski definition) is 5. The zero-order chi connectivity index (χ0) is 25.5. The van der Waals surface area contributed by atoms with Gasteiger partial charge in [-0.1, -0.05) is 114 Å². The first-order chi connectivity index (χ1) is 18.3. The van der Waals surface area contributed by atoms with Crippen LogP contribution in [0.1, 0.15) is 95.9 Å². The molecule has 37 heavy (non-hydrogen) atoms. The summed E-state index contributed by atoms with van der Waals surface area (Å²) >= 11 is 5.67. The van der Waals surface area contributed by atoms with Crippen molar-refractivity contribution >= 4 is 76.4 Å². The van der Waals surface area contributed by atoms with Gasteiger partial charge in [0.1, 0.15) is 0 Å². The molecule has 0 aliphatic rings. The lowest BCUT2D eigenvalue weighted by atomic mass is 10.0. The highest BCUT2D eigenvalue weighted by Crippen LogP contribution is 2.39. The molecule has 2 heterocycles. The normalized spacial score (nSPS) is 12.1. The molecule has 0 aliphatic carbocycles. The van der Waals surface area contributed by atoms with Crippen LogP contribution >= 0.6 is 34.4 Å². The van der Waals surface area contributed by atoms with Gasteiger partial charge in [-0.15, -0.1) is 22.7 Å². The van der Waals surface area contributed by atoms with Gasteiger partial charge in [0.05, 0.1) is 25.4 Å². The van der Waals surface area contributed by atoms with E-state index in [1.54, 1.807) is 0 Å². The third-order valence-electron chi connectivity index (χ3n) is 7.40. The van der Waals surface area contributed by atoms with Crippen molar-refractivity contribution in [3.05, 3.63) is 41.4 Å². The van der Waals surface area contributed by atoms with Crippen LogP contribution < -0.4 is 0 Å². The Kier molecular flexibility index (Phi) is 9.74. The molecule has 0 radical (unpaired) electrons. The van der Waals surface area contributed by atoms with Crippen molar-refractivity contribution in [2.75, 3.05) is 5.75 Å². The molecule has 0 spiro atoms. The Hall–Kier alpha value is -1.69. The van der Waals surface area contributed by atoms with E-state index in [0.717, 1.165) is 11.9 Å². The molecule has 0 N–H and O–H groups in total. The van der Waals surface area contributed by atoms with Gasteiger partial charge < -0.3 is 0 Å². The lowest BCUT2D eigenvalue weighted by Gasteiger charge is -2.05. The summed E-state index contributed by atoms with van der Waals surface area (Å²) in [5, 5.41) is 6.45. The number of thioether (sulfide) groups is 1. The van der Waals surface area contributed by atoms with E-state index in [2.05, 4.69) is 50.2 Å². The van der Waals surface area contributed by atoms with Crippen LogP contribution in [-0.4, -0.2) is 15.7 Å². The van der Waals surface area contributed by atoms with E-state index < -0.39 is 0 Å². The Bertz CT molecular complexity index is 1450. The van der Waals surface area contributed by atoms with Crippen LogP contribution in [0.3, 0.4) is 0 Å². The SMILES string of the molecule is CCCCCCCCSc1nc2c(ccc3c4ccc5sc(CCCCCCCC)nc5c4ccc32)s1. The molecule has 5 aromatic rings. The van der Waals surface area contributed by atoms with E-state index in [1.165, 1.54) is 129 Å². The largest absolute Gasteiger partial charge is 0.241 e. The minimum atomic E-state index is 1.11. The van der Waals surface area contributed by atoms with Crippen molar-refractivity contribution in [3.8, 4) is 0 Å². The van der Waals surface area contributed by atoms with Crippen LogP contribution in [0.4, 0.5) is 0 Å². The van der Waals surface area contributed by atoms with Crippen LogP contribution in [0.5, 0.6) is 0 Å². The van der Waals surface area contributed by atoms with Gasteiger partial charge in [-0.25, -0.2) is 9.97 Å². The minimum Gasteiger partial charge on any atom is -0.241 e. The van der Waals surface area contributed by atoms with Crippen molar-refractivity contribution in [2.24, 2.45) is 0 Å². The van der Waals surface area contributed by atoms with Gasteiger partial charge in [-0.05, 0) is 42.2 Å². The number of unbranched alkanes of at least 4 members (excludes halogenated alkanes) is 10. The van der Waals surface area contributed by atoms with Gasteiger partial charge in [0, 0.05) is 16.5 Å². The van der Waals surface area contributed by atoms with Crippen LogP contribution in [-0.2, 0) is 6.42 Å². The van der Waals surface area contributed by atoms with Crippen molar-refractivity contribution in [3.63, 3.8) is 0 Å². The third kappa shape index (κ3) is 6.49. The van der Waals surface area contributed by atoms with Crippen molar-refractivity contribution < 1.29 is 0 Å². The molecule has 3 aromatic carbocycles. The van der Waals surface area contributed by atoms with Gasteiger partial charge in [-0.2, -0.15) is 0 Å². The first kappa shape index (κ1) is 26.9. The molecule has 0 amide bonds. The second-order valence-electron chi connectivity index (χ2n) is 10.3. The predicted molar refractivity (Wildman–Crippen MR) is 169 cm³/mol. The van der Waals surface area contributed by atoms with Crippen molar-refractivity contribution in [1.29, 1.82) is 0 Å². The number of rotatable bonds is 15. The van der Waals surface area contributed by atoms with E-state index in [0.29, 0.717) is 0 Å². The summed E-state index contributed by atoms with van der Waals surface area (Å²) in [6.45, 7) is 4.56. The average Bonchev–Trinajstić information content (AvgIpc) is 3.53. The summed E-state index contributed by atoms with van der Waals surface area (Å²) in [6, 6.07) is 13.7. The van der Waals surface area contributed by atoms with Gasteiger partial charge in [0.2, 0.25) is 0 Å². The monoisotopic (exact) mass is 548 g/mol. The topological polar surface area (TPSA) is 25.8 Å². The van der Waals surface area contributed by atoms with E-state index in [4.69, 9.17) is 9.97 Å². The predicted octanol–water partition coefficient (Wildman–Crippen LogP) is 11.6. The minimum absolute atomic E-state index is 1.11. The van der Waals surface area contributed by atoms with Crippen LogP contribution in [0.15, 0.2) is 40.7 Å². The molecule has 5 rings (SSSR count). The van der Waals surface area contributed by atoms with E-state index in [-0.39, 0.29) is 0 Å². The Morgan fingerprint density at radius 1 is 0.568 bits per heavy atom. The van der Waals surface area contributed by atoms with Crippen molar-refractivity contribution in [2.45, 2.75) is 102 Å². The smallest absolute Gasteiger partial charge is 0.151 e. The lowest BCUT2D eigenvalue weighted by molar-refractivity contribution is 0.607. The maximum Gasteiger partial charge on any atom is 0.151 e. The fourth-order valence-corrected chi connectivity index (χ4v) is 8.47. The summed E-state index contributed by atoms with van der Waals surface area (Å²) < 4.78 is 3.83. The number of hydrogen-bond donors (Lipinski definition) is 0. The molecule has 196 valence electrons. The Morgan fingerprint density at radius 2 is 1.11 bits per heavy atom. The second-order valence-corrected chi connectivity index (χ2v) is 13.8. The van der Waals surface area contributed by atoms with Crippen molar-refractivity contribution in [1.82, 2.24) is 9.97 Å². The zero-order valence-electron chi connectivity index (χ0n) is 22.5. The summed E-state index contributed by atoms with van der Waals surface area (Å²) in [7, 11) is 0. The van der Waals surface area contributed by atoms with E-state index in [9.17, 15) is 0 Å². The molecular weight excluding hydrogens is 509 g/mol. The molecule has 5 heteroatoms. The molecule has 0 fully saturated rings. The highest BCUT2D eigenvalue weighted by atomic mass is 32.2. The molecule has 0 saturated heterocycles. The number of aryl methyl sites for hydroxylation is 1. The second kappa shape index (κ2) is 13.4. The van der Waals surface area contributed by atoms with E-state index in [1.807, 2.05) is 34.4 Å². The first-order valence-electron chi connectivity index (χ1n) is 14.5. The molecule has 0 unspecified atom stereocenters. The summed E-state index contributed by atoms with van der Waals surface area (Å²) in [6.07, 6.45) is 17.2. The van der Waals surface area contributed by atoms with Gasteiger partial charge in [0.15, 0.2) is 4.34 Å². The quantitative estimate of drug-likeness (QED) is 0.0739. The fourth-order valence-electron chi connectivity index (χ4n) is 5.29. The molecule has 0 aliphatic heterocycles. The molecule has 0 bridgehead atoms. The van der Waals surface area contributed by atoms with Gasteiger partial charge in [0.25, 0.3) is 0 Å². The maximum atomic E-state index is 5.11. The number of thiazole rings is 2. The average molecular weight is 549 g/mol. The molecule has 2 aromatic heterocycles. The third-order valence-corrected chi connectivity index (χ3v) is 10.7. The van der Waals surface area contributed by atoms with Crippen LogP contribution in [0.25, 0.3) is 42.0 Å². The maximum absolute atomic E-state index is 5.11. The molecule has 0 saturated carbocycles. The standard InChI is InChI=1S/C32H40N2S3/c1-3-5-7-9-11-13-15-29-33-30-25-16-17-26-24(23(25)18-20-27(30)36-29)19-21-28-31(26)34-32(37-28)35-22-14-12-10-8-6-4-2/h16-21H,3-15,22H2,1-2H3. The van der Waals surface area contributed by atoms with Crippen LogP contribution in [0.2, 0.25) is 0 Å². The highest BCUT2D eigenvalue weighted by molar-refractivity contribution is 8.01. The number of fused-ring (bicyclic) bond motifs is 7. The van der Waals surface area contributed by atoms with Gasteiger partial charge >= 0.3 is 0 Å². The van der Waals surface area contributed by atoms with Crippen LogP contribution in [0, 0.1) is 0 Å². The first-order valence-corrected chi connectivity index (χ1v) is 17.1. The Balaban J connectivity index is 1.32. The molecular formula is C32H40N2S3. The van der Waals surface area contributed by atoms with E-state index >= 15 is 0 Å². The summed E-state index contributed by atoms with van der Waals surface area (Å²) in [5.41, 5.74) is 2.34. The molecule has 2 nitrogen and oxygen atoms in total. The zero-order valence-corrected chi connectivity index (χ0v) is 24.9. The van der Waals surface area contributed by atoms with Gasteiger partial charge in [-0.3, -0.25) is 0 Å². The Morgan fingerprint density at radius 3 is 1.78 bits per heavy atom. The lowest BCUT2D eigenvalue weighted by Crippen LogP contribution is -1.85. The number of aromatic nitrogens is 2. The number of nitrogens with zero attached hydrogens (tertiary/aromatic N) is 2.